The van der Waals surface area contributed by atoms with Crippen LogP contribution in [0, 0.1) is 6.92 Å². The summed E-state index contributed by atoms with van der Waals surface area (Å²) in [4.78, 5) is 7.51. The van der Waals surface area contributed by atoms with Crippen LogP contribution in [0.4, 0.5) is 5.69 Å². The van der Waals surface area contributed by atoms with Crippen molar-refractivity contribution in [2.24, 2.45) is 0 Å². The van der Waals surface area contributed by atoms with E-state index < -0.39 is 10.0 Å². The molecule has 0 amide bonds. The molecule has 1 aliphatic carbocycles. The van der Waals surface area contributed by atoms with Gasteiger partial charge >= 0.3 is 0 Å². The summed E-state index contributed by atoms with van der Waals surface area (Å²) in [6.45, 7) is 3.60. The van der Waals surface area contributed by atoms with Crippen LogP contribution in [0.2, 0.25) is 0 Å². The van der Waals surface area contributed by atoms with E-state index in [0.717, 1.165) is 35.1 Å². The van der Waals surface area contributed by atoms with E-state index in [0.29, 0.717) is 18.2 Å². The number of nitrogens with zero attached hydrogens (tertiary/aromatic N) is 3. The Kier molecular flexibility index (Phi) is 4.60. The fraction of sp³-hybridized carbons (Fsp3) is 0.471. The van der Waals surface area contributed by atoms with E-state index in [-0.39, 0.29) is 17.8 Å². The number of anilines is 1. The highest BCUT2D eigenvalue weighted by molar-refractivity contribution is 7.89. The number of hydrogen-bond donors (Lipinski definition) is 3. The summed E-state index contributed by atoms with van der Waals surface area (Å²) in [5.41, 5.74) is 2.36. The molecule has 0 aliphatic heterocycles. The Bertz CT molecular complexity index is 1050. The van der Waals surface area contributed by atoms with Crippen LogP contribution in [-0.2, 0) is 10.0 Å². The predicted molar refractivity (Wildman–Crippen MR) is 102 cm³/mol. The SMILES string of the molecule is CCCS(=O)(=O)N[C@H]1C[C@@H](Nc2c(-c3nnc(C)o3)cnc3[nH]ccc23)C1. The number of sulfonamides is 1. The van der Waals surface area contributed by atoms with Crippen LogP contribution in [0.5, 0.6) is 0 Å². The lowest BCUT2D eigenvalue weighted by Crippen LogP contribution is -2.50. The van der Waals surface area contributed by atoms with Gasteiger partial charge in [-0.25, -0.2) is 18.1 Å². The van der Waals surface area contributed by atoms with E-state index in [4.69, 9.17) is 4.42 Å². The highest BCUT2D eigenvalue weighted by atomic mass is 32.2. The normalized spacial score (nSPS) is 19.9. The summed E-state index contributed by atoms with van der Waals surface area (Å²) in [7, 11) is -3.19. The molecule has 3 aromatic rings. The van der Waals surface area contributed by atoms with Crippen LogP contribution in [0.25, 0.3) is 22.5 Å². The topological polar surface area (TPSA) is 126 Å². The van der Waals surface area contributed by atoms with Gasteiger partial charge in [-0.05, 0) is 25.3 Å². The maximum atomic E-state index is 11.9. The largest absolute Gasteiger partial charge is 0.421 e. The van der Waals surface area contributed by atoms with Crippen LogP contribution in [0.3, 0.4) is 0 Å². The molecule has 3 N–H and O–H groups in total. The van der Waals surface area contributed by atoms with E-state index in [2.05, 4.69) is 30.2 Å². The van der Waals surface area contributed by atoms with E-state index in [9.17, 15) is 8.42 Å². The van der Waals surface area contributed by atoms with Gasteiger partial charge < -0.3 is 14.7 Å². The molecule has 0 radical (unpaired) electrons. The van der Waals surface area contributed by atoms with Crippen molar-refractivity contribution in [3.8, 4) is 11.5 Å². The van der Waals surface area contributed by atoms with Gasteiger partial charge in [-0.1, -0.05) is 6.92 Å². The van der Waals surface area contributed by atoms with Crippen molar-refractivity contribution in [2.45, 2.75) is 45.2 Å². The molecule has 0 atom stereocenters. The zero-order valence-corrected chi connectivity index (χ0v) is 16.0. The first-order valence-corrected chi connectivity index (χ1v) is 10.6. The first-order chi connectivity index (χ1) is 12.9. The van der Waals surface area contributed by atoms with E-state index >= 15 is 0 Å². The van der Waals surface area contributed by atoms with Crippen LogP contribution in [-0.4, -0.2) is 46.4 Å². The second-order valence-electron chi connectivity index (χ2n) is 6.86. The van der Waals surface area contributed by atoms with Gasteiger partial charge in [0.1, 0.15) is 5.65 Å². The molecule has 0 spiro atoms. The van der Waals surface area contributed by atoms with Gasteiger partial charge in [0.2, 0.25) is 15.9 Å². The standard InChI is InChI=1S/C17H22N6O3S/c1-3-6-27(24,25)23-12-7-11(8-12)20-15-13-4-5-18-16(13)19-9-14(15)17-22-21-10(2)26-17/h4-5,9,11-12,23H,3,6-8H2,1-2H3,(H2,18,19,20)/t11-,12+. The minimum Gasteiger partial charge on any atom is -0.421 e. The Labute approximate surface area is 157 Å². The molecule has 4 rings (SSSR count). The fourth-order valence-electron chi connectivity index (χ4n) is 3.35. The summed E-state index contributed by atoms with van der Waals surface area (Å²) >= 11 is 0. The molecule has 10 heteroatoms. The van der Waals surface area contributed by atoms with Crippen molar-refractivity contribution < 1.29 is 12.8 Å². The number of pyridine rings is 1. The van der Waals surface area contributed by atoms with Gasteiger partial charge in [0.05, 0.1) is 17.0 Å². The van der Waals surface area contributed by atoms with Crippen molar-refractivity contribution in [1.29, 1.82) is 0 Å². The lowest BCUT2D eigenvalue weighted by atomic mass is 9.87. The minimum atomic E-state index is -3.19. The average Bonchev–Trinajstić information content (AvgIpc) is 3.21. The Morgan fingerprint density at radius 1 is 1.30 bits per heavy atom. The summed E-state index contributed by atoms with van der Waals surface area (Å²) < 4.78 is 32.2. The molecule has 0 saturated heterocycles. The van der Waals surface area contributed by atoms with Crippen molar-refractivity contribution in [3.63, 3.8) is 0 Å². The van der Waals surface area contributed by atoms with Gasteiger partial charge in [-0.3, -0.25) is 0 Å². The zero-order chi connectivity index (χ0) is 19.0. The third kappa shape index (κ3) is 3.67. The Morgan fingerprint density at radius 2 is 2.11 bits per heavy atom. The molecule has 0 aromatic carbocycles. The third-order valence-corrected chi connectivity index (χ3v) is 6.29. The van der Waals surface area contributed by atoms with Crippen molar-refractivity contribution in [2.75, 3.05) is 11.1 Å². The summed E-state index contributed by atoms with van der Waals surface area (Å²) in [6, 6.07) is 2.07. The van der Waals surface area contributed by atoms with Crippen molar-refractivity contribution in [1.82, 2.24) is 24.9 Å². The minimum absolute atomic E-state index is 0.0308. The Balaban J connectivity index is 1.53. The molecule has 27 heavy (non-hydrogen) atoms. The van der Waals surface area contributed by atoms with Crippen molar-refractivity contribution in [3.05, 3.63) is 24.4 Å². The second-order valence-corrected chi connectivity index (χ2v) is 8.73. The quantitative estimate of drug-likeness (QED) is 0.564. The van der Waals surface area contributed by atoms with Gasteiger partial charge in [0.25, 0.3) is 5.89 Å². The van der Waals surface area contributed by atoms with Crippen LogP contribution >= 0.6 is 0 Å². The van der Waals surface area contributed by atoms with Crippen molar-refractivity contribution >= 4 is 26.7 Å². The summed E-state index contributed by atoms with van der Waals surface area (Å²) in [5.74, 6) is 1.06. The number of aryl methyl sites for hydroxylation is 1. The highest BCUT2D eigenvalue weighted by Crippen LogP contribution is 2.35. The zero-order valence-electron chi connectivity index (χ0n) is 15.2. The summed E-state index contributed by atoms with van der Waals surface area (Å²) in [5, 5.41) is 12.4. The van der Waals surface area contributed by atoms with Gasteiger partial charge in [-0.15, -0.1) is 10.2 Å². The smallest absolute Gasteiger partial charge is 0.251 e. The maximum absolute atomic E-state index is 11.9. The molecular weight excluding hydrogens is 368 g/mol. The van der Waals surface area contributed by atoms with Crippen LogP contribution in [0.1, 0.15) is 32.1 Å². The number of fused-ring (bicyclic) bond motifs is 1. The number of nitrogens with one attached hydrogen (secondary N) is 3. The lowest BCUT2D eigenvalue weighted by Gasteiger charge is -2.37. The van der Waals surface area contributed by atoms with Crippen LogP contribution < -0.4 is 10.0 Å². The number of aromatic amines is 1. The monoisotopic (exact) mass is 390 g/mol. The average molecular weight is 390 g/mol. The number of H-pyrrole nitrogens is 1. The Hall–Kier alpha value is -2.46. The molecular formula is C17H22N6O3S. The molecule has 1 fully saturated rings. The molecule has 1 saturated carbocycles. The molecule has 9 nitrogen and oxygen atoms in total. The molecule has 1 aliphatic rings. The molecule has 0 unspecified atom stereocenters. The summed E-state index contributed by atoms with van der Waals surface area (Å²) in [6.07, 6.45) is 5.58. The Morgan fingerprint density at radius 3 is 2.81 bits per heavy atom. The molecule has 3 aromatic heterocycles. The van der Waals surface area contributed by atoms with E-state index in [1.54, 1.807) is 13.1 Å². The first kappa shape index (κ1) is 17.9. The van der Waals surface area contributed by atoms with Gasteiger partial charge in [0, 0.05) is 36.8 Å². The predicted octanol–water partition coefficient (Wildman–Crippen LogP) is 2.19. The van der Waals surface area contributed by atoms with Gasteiger partial charge in [0.15, 0.2) is 0 Å². The lowest BCUT2D eigenvalue weighted by molar-refractivity contribution is 0.346. The fourth-order valence-corrected chi connectivity index (χ4v) is 4.70. The number of hydrogen-bond acceptors (Lipinski definition) is 7. The van der Waals surface area contributed by atoms with Gasteiger partial charge in [-0.2, -0.15) is 0 Å². The second kappa shape index (κ2) is 6.93. The van der Waals surface area contributed by atoms with E-state index in [1.165, 1.54) is 0 Å². The van der Waals surface area contributed by atoms with Crippen LogP contribution in [0.15, 0.2) is 22.9 Å². The molecule has 3 heterocycles. The third-order valence-electron chi connectivity index (χ3n) is 4.65. The molecule has 0 bridgehead atoms. The number of rotatable bonds is 7. The first-order valence-electron chi connectivity index (χ1n) is 8.98. The highest BCUT2D eigenvalue weighted by Gasteiger charge is 2.33. The number of aromatic nitrogens is 4. The van der Waals surface area contributed by atoms with E-state index in [1.807, 2.05) is 19.2 Å². The molecule has 144 valence electrons. The maximum Gasteiger partial charge on any atom is 0.251 e.